The summed E-state index contributed by atoms with van der Waals surface area (Å²) < 4.78 is 0. The van der Waals surface area contributed by atoms with E-state index in [1.807, 2.05) is 36.2 Å². The van der Waals surface area contributed by atoms with Crippen LogP contribution < -0.4 is 5.73 Å². The monoisotopic (exact) mass is 315 g/mol. The molecule has 1 saturated carbocycles. The van der Waals surface area contributed by atoms with Gasteiger partial charge in [-0.1, -0.05) is 25.0 Å². The zero-order valence-corrected chi connectivity index (χ0v) is 14.2. The number of nitrogen functional groups attached to an aromatic ring is 1. The molecule has 1 saturated heterocycles. The Balaban J connectivity index is 1.66. The number of anilines is 1. The van der Waals surface area contributed by atoms with Gasteiger partial charge in [-0.05, 0) is 56.5 Å². The predicted octanol–water partition coefficient (Wildman–Crippen LogP) is 2.68. The van der Waals surface area contributed by atoms with Gasteiger partial charge in [0, 0.05) is 24.8 Å². The molecule has 0 bridgehead atoms. The van der Waals surface area contributed by atoms with E-state index in [-0.39, 0.29) is 5.91 Å². The topological polar surface area (TPSA) is 49.6 Å². The number of carbonyl (C=O) groups is 1. The van der Waals surface area contributed by atoms with Crippen molar-refractivity contribution in [2.24, 2.45) is 0 Å². The number of carbonyl (C=O) groups excluding carboxylic acids is 1. The molecule has 2 N–H and O–H groups in total. The van der Waals surface area contributed by atoms with Crippen LogP contribution in [0.15, 0.2) is 24.3 Å². The van der Waals surface area contributed by atoms with Gasteiger partial charge in [0.2, 0.25) is 5.91 Å². The quantitative estimate of drug-likeness (QED) is 0.869. The smallest absolute Gasteiger partial charge is 0.227 e. The summed E-state index contributed by atoms with van der Waals surface area (Å²) in [4.78, 5) is 17.4. The van der Waals surface area contributed by atoms with Crippen molar-refractivity contribution in [2.45, 2.75) is 57.0 Å². The average molecular weight is 315 g/mol. The lowest BCUT2D eigenvalue weighted by Gasteiger charge is -2.42. The van der Waals surface area contributed by atoms with Crippen molar-refractivity contribution in [3.8, 4) is 0 Å². The van der Waals surface area contributed by atoms with Gasteiger partial charge in [0.1, 0.15) is 0 Å². The molecule has 1 aromatic carbocycles. The lowest BCUT2D eigenvalue weighted by molar-refractivity contribution is -0.133. The fraction of sp³-hybridized carbons (Fsp3) is 0.632. The molecule has 1 aromatic rings. The molecule has 2 fully saturated rings. The van der Waals surface area contributed by atoms with Gasteiger partial charge in [0.05, 0.1) is 6.42 Å². The molecular formula is C19H29N3O. The number of hydrogen-bond donors (Lipinski definition) is 1. The first kappa shape index (κ1) is 16.3. The van der Waals surface area contributed by atoms with Gasteiger partial charge >= 0.3 is 0 Å². The zero-order valence-electron chi connectivity index (χ0n) is 14.2. The van der Waals surface area contributed by atoms with Crippen molar-refractivity contribution in [1.29, 1.82) is 0 Å². The molecule has 0 spiro atoms. The molecule has 4 heteroatoms. The molecule has 23 heavy (non-hydrogen) atoms. The maximum Gasteiger partial charge on any atom is 0.227 e. The maximum atomic E-state index is 12.8. The number of nitrogens with zero attached hydrogens (tertiary/aromatic N) is 2. The largest absolute Gasteiger partial charge is 0.399 e. The first-order chi connectivity index (χ1) is 11.1. The van der Waals surface area contributed by atoms with Gasteiger partial charge in [-0.25, -0.2) is 0 Å². The summed E-state index contributed by atoms with van der Waals surface area (Å²) in [7, 11) is 1.99. The number of hydrogen-bond acceptors (Lipinski definition) is 3. The summed E-state index contributed by atoms with van der Waals surface area (Å²) in [6, 6.07) is 8.61. The van der Waals surface area contributed by atoms with Crippen LogP contribution in [0, 0.1) is 0 Å². The number of rotatable bonds is 4. The Morgan fingerprint density at radius 1 is 1.22 bits per heavy atom. The molecule has 1 amide bonds. The van der Waals surface area contributed by atoms with Crippen molar-refractivity contribution >= 4 is 11.6 Å². The van der Waals surface area contributed by atoms with Crippen LogP contribution in [-0.2, 0) is 11.2 Å². The zero-order chi connectivity index (χ0) is 16.2. The van der Waals surface area contributed by atoms with Crippen LogP contribution in [-0.4, -0.2) is 47.9 Å². The normalized spacial score (nSPS) is 25.4. The van der Waals surface area contributed by atoms with E-state index in [0.29, 0.717) is 18.5 Å². The van der Waals surface area contributed by atoms with Gasteiger partial charge in [-0.15, -0.1) is 0 Å². The number of amides is 1. The van der Waals surface area contributed by atoms with Gasteiger partial charge < -0.3 is 10.6 Å². The Kier molecular flexibility index (Phi) is 5.21. The third kappa shape index (κ3) is 3.86. The first-order valence-corrected chi connectivity index (χ1v) is 8.99. The van der Waals surface area contributed by atoms with Gasteiger partial charge in [-0.2, -0.15) is 0 Å². The van der Waals surface area contributed by atoms with Crippen LogP contribution in [0.1, 0.15) is 44.1 Å². The van der Waals surface area contributed by atoms with E-state index in [9.17, 15) is 4.79 Å². The van der Waals surface area contributed by atoms with Crippen LogP contribution in [0.25, 0.3) is 0 Å². The molecule has 0 radical (unpaired) electrons. The highest BCUT2D eigenvalue weighted by Crippen LogP contribution is 2.29. The number of nitrogens with two attached hydrogens (primary N) is 1. The molecule has 1 aliphatic carbocycles. The summed E-state index contributed by atoms with van der Waals surface area (Å²) in [6.07, 6.45) is 7.99. The fourth-order valence-corrected chi connectivity index (χ4v) is 4.23. The lowest BCUT2D eigenvalue weighted by Crippen LogP contribution is -2.53. The molecule has 2 aliphatic rings. The Bertz CT molecular complexity index is 539. The highest BCUT2D eigenvalue weighted by Gasteiger charge is 2.35. The van der Waals surface area contributed by atoms with Gasteiger partial charge in [0.15, 0.2) is 0 Å². The summed E-state index contributed by atoms with van der Waals surface area (Å²) in [5.41, 5.74) is 7.56. The van der Waals surface area contributed by atoms with Crippen LogP contribution in [0.2, 0.25) is 0 Å². The van der Waals surface area contributed by atoms with Crippen molar-refractivity contribution in [1.82, 2.24) is 9.80 Å². The molecule has 2 atom stereocenters. The Morgan fingerprint density at radius 2 is 1.96 bits per heavy atom. The van der Waals surface area contributed by atoms with E-state index in [0.717, 1.165) is 17.7 Å². The lowest BCUT2D eigenvalue weighted by atomic mass is 9.88. The van der Waals surface area contributed by atoms with E-state index in [4.69, 9.17) is 5.73 Å². The van der Waals surface area contributed by atoms with Crippen molar-refractivity contribution in [2.75, 3.05) is 25.9 Å². The number of likely N-dealkylation sites (N-methyl/N-ethyl adjacent to an activating group) is 1. The Hall–Kier alpha value is -1.55. The summed E-state index contributed by atoms with van der Waals surface area (Å²) >= 11 is 0. The molecule has 0 aromatic heterocycles. The SMILES string of the molecule is CN(C(=O)Cc1cccc(N)c1)[C@H]1CCCC[C@@H]1N1CCCC1. The second-order valence-corrected chi connectivity index (χ2v) is 7.09. The van der Waals surface area contributed by atoms with Gasteiger partial charge in [0.25, 0.3) is 0 Å². The highest BCUT2D eigenvalue weighted by molar-refractivity contribution is 5.79. The molecule has 4 nitrogen and oxygen atoms in total. The second kappa shape index (κ2) is 7.35. The molecule has 126 valence electrons. The standard InChI is InChI=1S/C19H29N3O/c1-21(19(23)14-15-7-6-8-16(20)13-15)17-9-2-3-10-18(17)22-11-4-5-12-22/h6-8,13,17-18H,2-5,9-12,14,20H2,1H3/t17-,18-/m0/s1. The Morgan fingerprint density at radius 3 is 2.70 bits per heavy atom. The van der Waals surface area contributed by atoms with Crippen LogP contribution in [0.5, 0.6) is 0 Å². The van der Waals surface area contributed by atoms with E-state index in [1.54, 1.807) is 0 Å². The van der Waals surface area contributed by atoms with Crippen molar-refractivity contribution in [3.63, 3.8) is 0 Å². The molecule has 1 aliphatic heterocycles. The molecular weight excluding hydrogens is 286 g/mol. The summed E-state index contributed by atoms with van der Waals surface area (Å²) in [6.45, 7) is 2.41. The third-order valence-corrected chi connectivity index (χ3v) is 5.50. The van der Waals surface area contributed by atoms with Crippen molar-refractivity contribution in [3.05, 3.63) is 29.8 Å². The van der Waals surface area contributed by atoms with E-state index < -0.39 is 0 Å². The minimum Gasteiger partial charge on any atom is -0.399 e. The van der Waals surface area contributed by atoms with E-state index in [2.05, 4.69) is 4.90 Å². The van der Waals surface area contributed by atoms with Crippen LogP contribution >= 0.6 is 0 Å². The summed E-state index contributed by atoms with van der Waals surface area (Å²) in [5, 5.41) is 0. The summed E-state index contributed by atoms with van der Waals surface area (Å²) in [5.74, 6) is 0.215. The molecule has 1 heterocycles. The number of likely N-dealkylation sites (tertiary alicyclic amines) is 1. The fourth-order valence-electron chi connectivity index (χ4n) is 4.23. The molecule has 3 rings (SSSR count). The van der Waals surface area contributed by atoms with E-state index in [1.165, 1.54) is 45.2 Å². The second-order valence-electron chi connectivity index (χ2n) is 7.09. The molecule has 0 unspecified atom stereocenters. The Labute approximate surface area is 139 Å². The van der Waals surface area contributed by atoms with Crippen LogP contribution in [0.3, 0.4) is 0 Å². The highest BCUT2D eigenvalue weighted by atomic mass is 16.2. The predicted molar refractivity (Wildman–Crippen MR) is 94.2 cm³/mol. The first-order valence-electron chi connectivity index (χ1n) is 8.99. The third-order valence-electron chi connectivity index (χ3n) is 5.50. The average Bonchev–Trinajstić information content (AvgIpc) is 3.08. The number of benzene rings is 1. The minimum absolute atomic E-state index is 0.215. The van der Waals surface area contributed by atoms with Gasteiger partial charge in [-0.3, -0.25) is 9.69 Å². The van der Waals surface area contributed by atoms with Crippen molar-refractivity contribution < 1.29 is 4.79 Å². The van der Waals surface area contributed by atoms with E-state index >= 15 is 0 Å². The maximum absolute atomic E-state index is 12.8. The van der Waals surface area contributed by atoms with Crippen LogP contribution in [0.4, 0.5) is 5.69 Å². The minimum atomic E-state index is 0.215.